The van der Waals surface area contributed by atoms with Crippen LogP contribution in [0.5, 0.6) is 0 Å². The van der Waals surface area contributed by atoms with Crippen LogP contribution in [0.25, 0.3) is 0 Å². The minimum atomic E-state index is -4.40. The zero-order chi connectivity index (χ0) is 22.9. The molecular formula is C20H22F3N5O4. The van der Waals surface area contributed by atoms with Crippen molar-refractivity contribution >= 4 is 17.8 Å². The maximum absolute atomic E-state index is 12.7. The second kappa shape index (κ2) is 8.32. The summed E-state index contributed by atoms with van der Waals surface area (Å²) < 4.78 is 48.4. The van der Waals surface area contributed by atoms with Gasteiger partial charge in [0.15, 0.2) is 11.5 Å². The van der Waals surface area contributed by atoms with Crippen LogP contribution in [0.2, 0.25) is 0 Å². The van der Waals surface area contributed by atoms with Gasteiger partial charge in [-0.15, -0.1) is 0 Å². The zero-order valence-corrected chi connectivity index (χ0v) is 17.0. The van der Waals surface area contributed by atoms with E-state index in [4.69, 9.17) is 15.0 Å². The van der Waals surface area contributed by atoms with Crippen LogP contribution in [-0.2, 0) is 17.5 Å². The Labute approximate surface area is 181 Å². The number of amides is 2. The Morgan fingerprint density at radius 2 is 2.00 bits per heavy atom. The first-order valence-electron chi connectivity index (χ1n) is 10.1. The Bertz CT molecular complexity index is 976. The summed E-state index contributed by atoms with van der Waals surface area (Å²) in [6, 6.07) is 3.80. The highest BCUT2D eigenvalue weighted by molar-refractivity contribution is 5.90. The van der Waals surface area contributed by atoms with Crippen molar-refractivity contribution in [3.63, 3.8) is 0 Å². The normalized spacial score (nSPS) is 18.3. The largest absolute Gasteiger partial charge is 0.446 e. The number of ether oxygens (including phenoxy) is 1. The standard InChI is InChI=1S/C20H22F3N5O4/c21-20(22,23)12-1-2-16(25-10-12)28-5-3-19(4-6-28)8-14(9-19)31-18(30)26-11-13-7-15(17(24)29)27-32-13/h1-2,7,10,14H,3-6,8-9,11H2,(H2,24,29)(H,26,30). The minimum Gasteiger partial charge on any atom is -0.446 e. The molecule has 1 spiro atoms. The molecule has 1 saturated heterocycles. The van der Waals surface area contributed by atoms with Crippen LogP contribution in [0.1, 0.15) is 47.5 Å². The highest BCUT2D eigenvalue weighted by Gasteiger charge is 2.47. The molecule has 3 heterocycles. The molecule has 0 radical (unpaired) electrons. The van der Waals surface area contributed by atoms with E-state index in [9.17, 15) is 22.8 Å². The van der Waals surface area contributed by atoms with E-state index >= 15 is 0 Å². The van der Waals surface area contributed by atoms with E-state index < -0.39 is 23.7 Å². The van der Waals surface area contributed by atoms with Crippen molar-refractivity contribution in [2.24, 2.45) is 11.1 Å². The van der Waals surface area contributed by atoms with Gasteiger partial charge in [0, 0.05) is 25.4 Å². The number of anilines is 1. The Morgan fingerprint density at radius 1 is 1.28 bits per heavy atom. The van der Waals surface area contributed by atoms with Crippen molar-refractivity contribution in [2.45, 2.75) is 44.5 Å². The second-order valence-electron chi connectivity index (χ2n) is 8.22. The number of nitrogens with one attached hydrogen (secondary N) is 1. The molecule has 2 aliphatic rings. The first-order chi connectivity index (χ1) is 15.1. The number of piperidine rings is 1. The number of hydrogen-bond acceptors (Lipinski definition) is 7. The number of alkyl halides is 3. The maximum Gasteiger partial charge on any atom is 0.417 e. The molecular weight excluding hydrogens is 431 g/mol. The highest BCUT2D eigenvalue weighted by atomic mass is 19.4. The monoisotopic (exact) mass is 453 g/mol. The molecule has 1 saturated carbocycles. The van der Waals surface area contributed by atoms with Gasteiger partial charge in [-0.2, -0.15) is 13.2 Å². The number of aromatic nitrogens is 2. The molecule has 0 aromatic carbocycles. The molecule has 0 unspecified atom stereocenters. The highest BCUT2D eigenvalue weighted by Crippen LogP contribution is 2.50. The van der Waals surface area contributed by atoms with Gasteiger partial charge in [-0.05, 0) is 43.2 Å². The van der Waals surface area contributed by atoms with Gasteiger partial charge in [-0.25, -0.2) is 9.78 Å². The van der Waals surface area contributed by atoms with Gasteiger partial charge >= 0.3 is 12.3 Å². The van der Waals surface area contributed by atoms with Gasteiger partial charge in [0.2, 0.25) is 0 Å². The average molecular weight is 453 g/mol. The first kappa shape index (κ1) is 21.9. The number of primary amides is 1. The van der Waals surface area contributed by atoms with Crippen LogP contribution in [0.4, 0.5) is 23.8 Å². The quantitative estimate of drug-likeness (QED) is 0.713. The number of carbonyl (C=O) groups is 2. The topological polar surface area (TPSA) is 124 Å². The van der Waals surface area contributed by atoms with Crippen LogP contribution in [0.15, 0.2) is 28.9 Å². The third kappa shape index (κ3) is 4.78. The molecule has 172 valence electrons. The molecule has 9 nitrogen and oxygen atoms in total. The van der Waals surface area contributed by atoms with E-state index in [2.05, 4.69) is 15.5 Å². The summed E-state index contributed by atoms with van der Waals surface area (Å²) in [7, 11) is 0. The fraction of sp³-hybridized carbons (Fsp3) is 0.500. The third-order valence-corrected chi connectivity index (χ3v) is 6.04. The van der Waals surface area contributed by atoms with Crippen molar-refractivity contribution in [2.75, 3.05) is 18.0 Å². The molecule has 12 heteroatoms. The predicted octanol–water partition coefficient (Wildman–Crippen LogP) is 2.86. The fourth-order valence-corrected chi connectivity index (χ4v) is 4.21. The summed E-state index contributed by atoms with van der Waals surface area (Å²) in [4.78, 5) is 28.9. The van der Waals surface area contributed by atoms with E-state index in [1.165, 1.54) is 12.1 Å². The minimum absolute atomic E-state index is 0.0195. The lowest BCUT2D eigenvalue weighted by Crippen LogP contribution is -2.51. The number of hydrogen-bond donors (Lipinski definition) is 2. The van der Waals surface area contributed by atoms with E-state index in [1.54, 1.807) is 0 Å². The summed E-state index contributed by atoms with van der Waals surface area (Å²) in [5, 5.41) is 6.02. The Hall–Kier alpha value is -3.31. The molecule has 3 N–H and O–H groups in total. The summed E-state index contributed by atoms with van der Waals surface area (Å²) >= 11 is 0. The number of alkyl carbamates (subject to hydrolysis) is 1. The van der Waals surface area contributed by atoms with Gasteiger partial charge in [-0.3, -0.25) is 4.79 Å². The third-order valence-electron chi connectivity index (χ3n) is 6.04. The fourth-order valence-electron chi connectivity index (χ4n) is 4.21. The van der Waals surface area contributed by atoms with E-state index in [0.717, 1.165) is 37.9 Å². The molecule has 0 bridgehead atoms. The smallest absolute Gasteiger partial charge is 0.417 e. The SMILES string of the molecule is NC(=O)c1cc(CNC(=O)OC2CC3(CCN(c4ccc(C(F)(F)F)cn4)CC3)C2)on1. The summed E-state index contributed by atoms with van der Waals surface area (Å²) in [6.07, 6.45) is -1.14. The molecule has 2 fully saturated rings. The average Bonchev–Trinajstić information content (AvgIpc) is 3.21. The molecule has 2 aromatic rings. The lowest BCUT2D eigenvalue weighted by molar-refractivity contribution is -0.137. The van der Waals surface area contributed by atoms with Crippen molar-refractivity contribution in [3.05, 3.63) is 41.4 Å². The van der Waals surface area contributed by atoms with Crippen LogP contribution in [0.3, 0.4) is 0 Å². The predicted molar refractivity (Wildman–Crippen MR) is 104 cm³/mol. The molecule has 32 heavy (non-hydrogen) atoms. The number of pyridine rings is 1. The summed E-state index contributed by atoms with van der Waals surface area (Å²) in [5.41, 5.74) is 4.38. The van der Waals surface area contributed by atoms with E-state index in [1.807, 2.05) is 4.90 Å². The second-order valence-corrected chi connectivity index (χ2v) is 8.22. The van der Waals surface area contributed by atoms with E-state index in [-0.39, 0.29) is 29.5 Å². The van der Waals surface area contributed by atoms with Crippen molar-refractivity contribution in [3.8, 4) is 0 Å². The molecule has 0 atom stereocenters. The Kier molecular flexibility index (Phi) is 5.70. The number of nitrogens with two attached hydrogens (primary N) is 1. The lowest BCUT2D eigenvalue weighted by atomic mass is 9.61. The number of carbonyl (C=O) groups excluding carboxylic acids is 2. The summed E-state index contributed by atoms with van der Waals surface area (Å²) in [6.45, 7) is 1.39. The van der Waals surface area contributed by atoms with Crippen molar-refractivity contribution < 1.29 is 32.0 Å². The first-order valence-corrected chi connectivity index (χ1v) is 10.1. The number of halogens is 3. The molecule has 2 aromatic heterocycles. The van der Waals surface area contributed by atoms with Gasteiger partial charge in [0.05, 0.1) is 12.1 Å². The van der Waals surface area contributed by atoms with Gasteiger partial charge in [-0.1, -0.05) is 5.16 Å². The lowest BCUT2D eigenvalue weighted by Gasteiger charge is -2.51. The zero-order valence-electron chi connectivity index (χ0n) is 17.0. The van der Waals surface area contributed by atoms with Crippen LogP contribution in [-0.4, -0.2) is 41.3 Å². The van der Waals surface area contributed by atoms with Crippen molar-refractivity contribution in [1.29, 1.82) is 0 Å². The summed E-state index contributed by atoms with van der Waals surface area (Å²) in [5.74, 6) is 0.0961. The molecule has 2 amide bonds. The van der Waals surface area contributed by atoms with Crippen LogP contribution in [0, 0.1) is 5.41 Å². The Morgan fingerprint density at radius 3 is 2.56 bits per heavy atom. The van der Waals surface area contributed by atoms with Crippen molar-refractivity contribution in [1.82, 2.24) is 15.5 Å². The maximum atomic E-state index is 12.7. The van der Waals surface area contributed by atoms with E-state index in [0.29, 0.717) is 18.9 Å². The number of nitrogens with zero attached hydrogens (tertiary/aromatic N) is 3. The number of rotatable bonds is 5. The van der Waals surface area contributed by atoms with Crippen LogP contribution >= 0.6 is 0 Å². The molecule has 1 aliphatic heterocycles. The molecule has 4 rings (SSSR count). The Balaban J connectivity index is 1.19. The van der Waals surface area contributed by atoms with Gasteiger partial charge < -0.3 is 25.2 Å². The van der Waals surface area contributed by atoms with Crippen LogP contribution < -0.4 is 16.0 Å². The molecule has 1 aliphatic carbocycles. The van der Waals surface area contributed by atoms with Gasteiger partial charge in [0.25, 0.3) is 5.91 Å². The van der Waals surface area contributed by atoms with Gasteiger partial charge in [0.1, 0.15) is 11.9 Å².